The zero-order valence-corrected chi connectivity index (χ0v) is 13.5. The normalized spacial score (nSPS) is 23.0. The molecule has 1 aromatic heterocycles. The second-order valence-corrected chi connectivity index (χ2v) is 6.35. The van der Waals surface area contributed by atoms with Gasteiger partial charge in [0, 0.05) is 25.6 Å². The molecule has 0 radical (unpaired) electrons. The van der Waals surface area contributed by atoms with Crippen LogP contribution in [-0.2, 0) is 4.74 Å². The Labute approximate surface area is 133 Å². The summed E-state index contributed by atoms with van der Waals surface area (Å²) in [7, 11) is 0. The van der Waals surface area contributed by atoms with Crippen molar-refractivity contribution in [3.63, 3.8) is 0 Å². The van der Waals surface area contributed by atoms with E-state index < -0.39 is 0 Å². The van der Waals surface area contributed by atoms with Crippen LogP contribution in [0.15, 0.2) is 12.4 Å². The zero-order valence-electron chi connectivity index (χ0n) is 13.5. The van der Waals surface area contributed by atoms with Crippen LogP contribution in [0.2, 0.25) is 0 Å². The molecule has 2 heterocycles. The first kappa shape index (κ1) is 15.5. The quantitative estimate of drug-likeness (QED) is 0.808. The van der Waals surface area contributed by atoms with E-state index in [0.717, 1.165) is 51.4 Å². The van der Waals surface area contributed by atoms with Crippen molar-refractivity contribution in [3.8, 4) is 5.88 Å². The van der Waals surface area contributed by atoms with Crippen LogP contribution in [0.1, 0.15) is 45.4 Å². The summed E-state index contributed by atoms with van der Waals surface area (Å²) in [6.45, 7) is 5.71. The van der Waals surface area contributed by atoms with Gasteiger partial charge in [0.1, 0.15) is 6.10 Å². The first-order chi connectivity index (χ1) is 10.8. The van der Waals surface area contributed by atoms with Crippen LogP contribution < -0.4 is 9.64 Å². The van der Waals surface area contributed by atoms with Crippen molar-refractivity contribution in [1.82, 2.24) is 9.97 Å². The smallest absolute Gasteiger partial charge is 0.234 e. The summed E-state index contributed by atoms with van der Waals surface area (Å²) in [5.41, 5.74) is 0. The molecule has 1 unspecified atom stereocenters. The fraction of sp³-hybridized carbons (Fsp3) is 0.765. The predicted octanol–water partition coefficient (Wildman–Crippen LogP) is 3.05. The zero-order chi connectivity index (χ0) is 15.2. The Hall–Kier alpha value is -1.36. The number of hydrogen-bond acceptors (Lipinski definition) is 5. The lowest BCUT2D eigenvalue weighted by Gasteiger charge is -2.23. The van der Waals surface area contributed by atoms with Crippen LogP contribution in [0.3, 0.4) is 0 Å². The van der Waals surface area contributed by atoms with Crippen molar-refractivity contribution in [2.24, 2.45) is 5.92 Å². The summed E-state index contributed by atoms with van der Waals surface area (Å²) in [6, 6.07) is 0. The van der Waals surface area contributed by atoms with Crippen LogP contribution in [0, 0.1) is 5.92 Å². The molecule has 5 nitrogen and oxygen atoms in total. The monoisotopic (exact) mass is 305 g/mol. The van der Waals surface area contributed by atoms with Crippen molar-refractivity contribution >= 4 is 5.82 Å². The molecule has 1 atom stereocenters. The second kappa shape index (κ2) is 7.77. The van der Waals surface area contributed by atoms with Gasteiger partial charge in [-0.15, -0.1) is 0 Å². The van der Waals surface area contributed by atoms with Gasteiger partial charge in [-0.3, -0.25) is 4.98 Å². The number of anilines is 1. The van der Waals surface area contributed by atoms with Gasteiger partial charge in [0.15, 0.2) is 5.82 Å². The van der Waals surface area contributed by atoms with E-state index in [0.29, 0.717) is 17.9 Å². The minimum atomic E-state index is 0.322. The van der Waals surface area contributed by atoms with Gasteiger partial charge < -0.3 is 14.4 Å². The molecule has 3 rings (SSSR count). The molecule has 1 saturated carbocycles. The van der Waals surface area contributed by atoms with Crippen molar-refractivity contribution in [2.45, 2.75) is 51.6 Å². The van der Waals surface area contributed by atoms with E-state index in [1.54, 1.807) is 6.20 Å². The molecule has 2 aliphatic rings. The third kappa shape index (κ3) is 4.09. The molecule has 1 aliphatic heterocycles. The summed E-state index contributed by atoms with van der Waals surface area (Å²) in [5.74, 6) is 2.22. The van der Waals surface area contributed by atoms with Crippen molar-refractivity contribution < 1.29 is 9.47 Å². The first-order valence-electron chi connectivity index (χ1n) is 8.66. The van der Waals surface area contributed by atoms with Gasteiger partial charge in [0.25, 0.3) is 0 Å². The summed E-state index contributed by atoms with van der Waals surface area (Å²) in [4.78, 5) is 11.3. The van der Waals surface area contributed by atoms with Gasteiger partial charge in [0.05, 0.1) is 19.0 Å². The fourth-order valence-corrected chi connectivity index (χ4v) is 3.36. The highest BCUT2D eigenvalue weighted by Gasteiger charge is 2.24. The van der Waals surface area contributed by atoms with Crippen LogP contribution in [-0.4, -0.2) is 42.4 Å². The van der Waals surface area contributed by atoms with Crippen molar-refractivity contribution in [2.75, 3.05) is 31.2 Å². The lowest BCUT2D eigenvalue weighted by atomic mass is 9.98. The molecule has 0 spiro atoms. The van der Waals surface area contributed by atoms with Crippen LogP contribution >= 0.6 is 0 Å². The summed E-state index contributed by atoms with van der Waals surface area (Å²) in [5, 5.41) is 0. The van der Waals surface area contributed by atoms with Crippen molar-refractivity contribution in [3.05, 3.63) is 12.4 Å². The lowest BCUT2D eigenvalue weighted by molar-refractivity contribution is 0.117. The number of rotatable bonds is 6. The highest BCUT2D eigenvalue weighted by atomic mass is 16.5. The van der Waals surface area contributed by atoms with Gasteiger partial charge in [-0.05, 0) is 39.0 Å². The maximum atomic E-state index is 6.02. The molecule has 0 amide bonds. The minimum absolute atomic E-state index is 0.322. The Morgan fingerprint density at radius 3 is 2.86 bits per heavy atom. The Kier molecular flexibility index (Phi) is 5.48. The molecule has 2 fully saturated rings. The molecular formula is C17H27N3O2. The van der Waals surface area contributed by atoms with E-state index in [4.69, 9.17) is 9.47 Å². The lowest BCUT2D eigenvalue weighted by Crippen LogP contribution is -2.24. The van der Waals surface area contributed by atoms with Gasteiger partial charge in [0.2, 0.25) is 5.88 Å². The molecule has 22 heavy (non-hydrogen) atoms. The third-order valence-electron chi connectivity index (χ3n) is 4.61. The molecular weight excluding hydrogens is 278 g/mol. The van der Waals surface area contributed by atoms with Gasteiger partial charge in [-0.2, -0.15) is 4.98 Å². The molecule has 1 saturated heterocycles. The number of nitrogens with zero attached hydrogens (tertiary/aromatic N) is 3. The molecule has 122 valence electrons. The summed E-state index contributed by atoms with van der Waals surface area (Å²) in [6.07, 6.45) is 11.2. The van der Waals surface area contributed by atoms with Crippen LogP contribution in [0.5, 0.6) is 5.88 Å². The number of aromatic nitrogens is 2. The summed E-state index contributed by atoms with van der Waals surface area (Å²) < 4.78 is 11.6. The first-order valence-corrected chi connectivity index (χ1v) is 8.66. The van der Waals surface area contributed by atoms with E-state index >= 15 is 0 Å². The fourth-order valence-electron chi connectivity index (χ4n) is 3.36. The standard InChI is InChI=1S/C17H27N3O2/c1-2-21-13-14-8-9-20(12-14)16-10-18-11-17(19-16)22-15-6-4-3-5-7-15/h10-11,14-15H,2-9,12-13H2,1H3. The largest absolute Gasteiger partial charge is 0.473 e. The van der Waals surface area contributed by atoms with Gasteiger partial charge in [-0.1, -0.05) is 6.42 Å². The Bertz CT molecular complexity index is 463. The molecule has 1 aliphatic carbocycles. The highest BCUT2D eigenvalue weighted by molar-refractivity contribution is 5.38. The number of ether oxygens (including phenoxy) is 2. The molecule has 5 heteroatoms. The third-order valence-corrected chi connectivity index (χ3v) is 4.61. The van der Waals surface area contributed by atoms with Crippen LogP contribution in [0.4, 0.5) is 5.82 Å². The number of hydrogen-bond donors (Lipinski definition) is 0. The van der Waals surface area contributed by atoms with E-state index in [1.807, 2.05) is 13.1 Å². The second-order valence-electron chi connectivity index (χ2n) is 6.35. The van der Waals surface area contributed by atoms with Gasteiger partial charge in [-0.25, -0.2) is 0 Å². The molecule has 0 aromatic carbocycles. The SMILES string of the molecule is CCOCC1CCN(c2cncc(OC3CCCCC3)n2)C1. The van der Waals surface area contributed by atoms with E-state index in [1.165, 1.54) is 19.3 Å². The van der Waals surface area contributed by atoms with E-state index in [-0.39, 0.29) is 0 Å². The molecule has 0 N–H and O–H groups in total. The minimum Gasteiger partial charge on any atom is -0.473 e. The van der Waals surface area contributed by atoms with E-state index in [2.05, 4.69) is 14.9 Å². The Morgan fingerprint density at radius 2 is 2.05 bits per heavy atom. The topological polar surface area (TPSA) is 47.5 Å². The summed E-state index contributed by atoms with van der Waals surface area (Å²) >= 11 is 0. The van der Waals surface area contributed by atoms with Gasteiger partial charge >= 0.3 is 0 Å². The average molecular weight is 305 g/mol. The Balaban J connectivity index is 1.57. The Morgan fingerprint density at radius 1 is 1.18 bits per heavy atom. The maximum absolute atomic E-state index is 6.02. The molecule has 1 aromatic rings. The van der Waals surface area contributed by atoms with E-state index in [9.17, 15) is 0 Å². The predicted molar refractivity (Wildman–Crippen MR) is 86.3 cm³/mol. The molecule has 0 bridgehead atoms. The average Bonchev–Trinajstić information content (AvgIpc) is 3.03. The highest BCUT2D eigenvalue weighted by Crippen LogP contribution is 2.25. The van der Waals surface area contributed by atoms with Crippen molar-refractivity contribution in [1.29, 1.82) is 0 Å². The van der Waals surface area contributed by atoms with Crippen LogP contribution in [0.25, 0.3) is 0 Å². The maximum Gasteiger partial charge on any atom is 0.234 e.